The van der Waals surface area contributed by atoms with Crippen molar-refractivity contribution in [2.75, 3.05) is 0 Å². The molecule has 2 heterocycles. The summed E-state index contributed by atoms with van der Waals surface area (Å²) >= 11 is 0. The maximum absolute atomic E-state index is 5.25. The summed E-state index contributed by atoms with van der Waals surface area (Å²) in [5, 5.41) is 2.50. The molecule has 2 aromatic heterocycles. The molecule has 6 aromatic carbocycles. The summed E-state index contributed by atoms with van der Waals surface area (Å²) in [5.74, 6) is 4.02. The van der Waals surface area contributed by atoms with Crippen molar-refractivity contribution in [1.82, 2.24) is 19.5 Å². The molecule has 3 atom stereocenters. The minimum atomic E-state index is -0.0334. The van der Waals surface area contributed by atoms with Gasteiger partial charge in [0, 0.05) is 32.9 Å². The number of nitrogens with zero attached hydrogens (tertiary/aromatic N) is 4. The Kier molecular flexibility index (Phi) is 7.38. The van der Waals surface area contributed by atoms with Crippen LogP contribution in [0.5, 0.6) is 0 Å². The van der Waals surface area contributed by atoms with Gasteiger partial charge in [-0.2, -0.15) is 0 Å². The van der Waals surface area contributed by atoms with Gasteiger partial charge in [0.2, 0.25) is 0 Å². The molecule has 252 valence electrons. The van der Waals surface area contributed by atoms with Crippen molar-refractivity contribution in [2.45, 2.75) is 44.4 Å². The van der Waals surface area contributed by atoms with Crippen LogP contribution >= 0.6 is 0 Å². The molecule has 2 unspecified atom stereocenters. The second kappa shape index (κ2) is 12.4. The van der Waals surface area contributed by atoms with Gasteiger partial charge >= 0.3 is 0 Å². The van der Waals surface area contributed by atoms with Crippen LogP contribution in [0.2, 0.25) is 0 Å². The average Bonchev–Trinajstić information content (AvgIpc) is 3.74. The third kappa shape index (κ3) is 5.33. The van der Waals surface area contributed by atoms with Crippen LogP contribution in [0, 0.1) is 11.8 Å². The lowest BCUT2D eigenvalue weighted by atomic mass is 9.69. The molecule has 2 saturated carbocycles. The highest BCUT2D eigenvalue weighted by atomic mass is 15.0. The van der Waals surface area contributed by atoms with Crippen molar-refractivity contribution < 1.29 is 0 Å². The molecule has 0 saturated heterocycles. The predicted molar refractivity (Wildman–Crippen MR) is 213 cm³/mol. The van der Waals surface area contributed by atoms with Gasteiger partial charge in [0.05, 0.1) is 16.7 Å². The SMILES string of the molecule is CC1(c2nc(-c3ccccc3)nc(-c3ccc(-c4ccccc4-n4c5ccccc5c5cc(-c6ccccc6)ccc54)cc3)n2)CC2CC[C@@H](C2)C1. The fourth-order valence-corrected chi connectivity index (χ4v) is 9.33. The normalized spacial score (nSPS) is 19.7. The fourth-order valence-electron chi connectivity index (χ4n) is 9.33. The van der Waals surface area contributed by atoms with E-state index in [9.17, 15) is 0 Å². The van der Waals surface area contributed by atoms with Crippen LogP contribution in [0.25, 0.3) is 72.5 Å². The topological polar surface area (TPSA) is 43.6 Å². The summed E-state index contributed by atoms with van der Waals surface area (Å²) in [6, 6.07) is 54.2. The lowest BCUT2D eigenvalue weighted by Crippen LogP contribution is -2.33. The molecular weight excluding hydrogens is 633 g/mol. The Bertz CT molecular complexity index is 2560. The Hall–Kier alpha value is -5.87. The molecule has 0 amide bonds. The van der Waals surface area contributed by atoms with E-state index < -0.39 is 0 Å². The largest absolute Gasteiger partial charge is 0.309 e. The summed E-state index contributed by atoms with van der Waals surface area (Å²) in [7, 11) is 0. The molecular formula is C48H40N4. The highest BCUT2D eigenvalue weighted by Crippen LogP contribution is 2.51. The third-order valence-electron chi connectivity index (χ3n) is 11.7. The van der Waals surface area contributed by atoms with Gasteiger partial charge in [-0.3, -0.25) is 0 Å². The van der Waals surface area contributed by atoms with E-state index in [2.05, 4.69) is 157 Å². The summed E-state index contributed by atoms with van der Waals surface area (Å²) in [6.07, 6.45) is 6.37. The van der Waals surface area contributed by atoms with Crippen LogP contribution < -0.4 is 0 Å². The zero-order valence-electron chi connectivity index (χ0n) is 29.4. The van der Waals surface area contributed by atoms with E-state index >= 15 is 0 Å². The van der Waals surface area contributed by atoms with Gasteiger partial charge in [-0.25, -0.2) is 15.0 Å². The monoisotopic (exact) mass is 672 g/mol. The van der Waals surface area contributed by atoms with Crippen molar-refractivity contribution in [3.05, 3.63) is 157 Å². The molecule has 2 aliphatic rings. The first kappa shape index (κ1) is 30.9. The molecule has 2 aliphatic carbocycles. The quantitative estimate of drug-likeness (QED) is 0.177. The maximum atomic E-state index is 5.25. The Morgan fingerprint density at radius 1 is 0.500 bits per heavy atom. The molecule has 4 nitrogen and oxygen atoms in total. The van der Waals surface area contributed by atoms with Gasteiger partial charge in [-0.1, -0.05) is 147 Å². The summed E-state index contributed by atoms with van der Waals surface area (Å²) < 4.78 is 2.42. The van der Waals surface area contributed by atoms with Crippen LogP contribution in [-0.4, -0.2) is 19.5 Å². The Morgan fingerprint density at radius 2 is 1.06 bits per heavy atom. The van der Waals surface area contributed by atoms with E-state index in [1.54, 1.807) is 0 Å². The second-order valence-electron chi connectivity index (χ2n) is 15.2. The molecule has 0 radical (unpaired) electrons. The van der Waals surface area contributed by atoms with Crippen molar-refractivity contribution >= 4 is 21.8 Å². The van der Waals surface area contributed by atoms with Crippen LogP contribution in [0.3, 0.4) is 0 Å². The van der Waals surface area contributed by atoms with Gasteiger partial charge in [0.1, 0.15) is 5.82 Å². The third-order valence-corrected chi connectivity index (χ3v) is 11.7. The first-order valence-corrected chi connectivity index (χ1v) is 18.7. The Labute approximate surface area is 304 Å². The van der Waals surface area contributed by atoms with Crippen molar-refractivity contribution in [3.8, 4) is 50.7 Å². The van der Waals surface area contributed by atoms with E-state index in [-0.39, 0.29) is 5.41 Å². The van der Waals surface area contributed by atoms with Crippen molar-refractivity contribution in [2.24, 2.45) is 11.8 Å². The number of aromatic nitrogens is 4. The fraction of sp³-hybridized carbons (Fsp3) is 0.188. The van der Waals surface area contributed by atoms with Gasteiger partial charge in [0.25, 0.3) is 0 Å². The standard InChI is InChI=1S/C48H40N4/c1-48(30-32-20-21-33(28-32)31-48)47-50-45(36-14-6-3-7-15-36)49-46(51-47)37-24-22-35(23-25-37)39-16-8-10-18-42(39)52-43-19-11-9-17-40(43)41-29-38(26-27-44(41)52)34-12-4-2-5-13-34/h2-19,22-27,29,32-33H,20-21,28,30-31H2,1H3/t32-,33?,48?/m0/s1. The van der Waals surface area contributed by atoms with E-state index in [1.807, 2.05) is 6.07 Å². The van der Waals surface area contributed by atoms with Gasteiger partial charge < -0.3 is 4.57 Å². The molecule has 4 heteroatoms. The number of para-hydroxylation sites is 2. The minimum Gasteiger partial charge on any atom is -0.309 e. The number of fused-ring (bicyclic) bond motifs is 5. The highest BCUT2D eigenvalue weighted by molar-refractivity contribution is 6.11. The number of benzene rings is 6. The van der Waals surface area contributed by atoms with Crippen LogP contribution in [0.15, 0.2) is 152 Å². The Morgan fingerprint density at radius 3 is 1.79 bits per heavy atom. The number of hydrogen-bond acceptors (Lipinski definition) is 3. The molecule has 0 N–H and O–H groups in total. The van der Waals surface area contributed by atoms with Crippen LogP contribution in [-0.2, 0) is 5.41 Å². The molecule has 2 fully saturated rings. The second-order valence-corrected chi connectivity index (χ2v) is 15.2. The van der Waals surface area contributed by atoms with Crippen molar-refractivity contribution in [1.29, 1.82) is 0 Å². The summed E-state index contributed by atoms with van der Waals surface area (Å²) in [4.78, 5) is 15.5. The van der Waals surface area contributed by atoms with Gasteiger partial charge in [0.15, 0.2) is 11.6 Å². The summed E-state index contributed by atoms with van der Waals surface area (Å²) in [6.45, 7) is 2.39. The van der Waals surface area contributed by atoms with E-state index in [0.717, 1.165) is 64.5 Å². The van der Waals surface area contributed by atoms with Gasteiger partial charge in [-0.05, 0) is 72.1 Å². The smallest absolute Gasteiger partial charge is 0.163 e. The maximum Gasteiger partial charge on any atom is 0.163 e. The molecule has 2 bridgehead atoms. The van der Waals surface area contributed by atoms with Crippen molar-refractivity contribution in [3.63, 3.8) is 0 Å². The average molecular weight is 673 g/mol. The molecule has 0 aliphatic heterocycles. The van der Waals surface area contributed by atoms with Gasteiger partial charge in [-0.15, -0.1) is 0 Å². The van der Waals surface area contributed by atoms with E-state index in [1.165, 1.54) is 57.8 Å². The first-order chi connectivity index (χ1) is 25.6. The minimum absolute atomic E-state index is 0.0334. The summed E-state index contributed by atoms with van der Waals surface area (Å²) in [5.41, 5.74) is 10.3. The zero-order chi connectivity index (χ0) is 34.6. The zero-order valence-corrected chi connectivity index (χ0v) is 29.4. The lowest BCUT2D eigenvalue weighted by Gasteiger charge is -2.36. The lowest BCUT2D eigenvalue weighted by molar-refractivity contribution is 0.221. The first-order valence-electron chi connectivity index (χ1n) is 18.7. The molecule has 8 aromatic rings. The highest BCUT2D eigenvalue weighted by Gasteiger charge is 2.44. The Balaban J connectivity index is 1.06. The predicted octanol–water partition coefficient (Wildman–Crippen LogP) is 12.1. The van der Waals surface area contributed by atoms with Crippen LogP contribution in [0.1, 0.15) is 44.9 Å². The molecule has 52 heavy (non-hydrogen) atoms. The van der Waals surface area contributed by atoms with E-state index in [0.29, 0.717) is 0 Å². The molecule has 0 spiro atoms. The van der Waals surface area contributed by atoms with Crippen LogP contribution in [0.4, 0.5) is 0 Å². The van der Waals surface area contributed by atoms with E-state index in [4.69, 9.17) is 15.0 Å². The number of hydrogen-bond donors (Lipinski definition) is 0. The number of rotatable bonds is 6. The molecule has 10 rings (SSSR count).